The summed E-state index contributed by atoms with van der Waals surface area (Å²) >= 11 is 3.05. The fourth-order valence-electron chi connectivity index (χ4n) is 3.92. The summed E-state index contributed by atoms with van der Waals surface area (Å²) in [5, 5.41) is 6.52. The Labute approximate surface area is 171 Å². The molecule has 0 spiro atoms. The van der Waals surface area contributed by atoms with Crippen molar-refractivity contribution >= 4 is 45.8 Å². The van der Waals surface area contributed by atoms with Gasteiger partial charge in [-0.05, 0) is 35.0 Å². The first-order valence-electron chi connectivity index (χ1n) is 8.57. The van der Waals surface area contributed by atoms with Crippen LogP contribution in [0.15, 0.2) is 53.2 Å². The van der Waals surface area contributed by atoms with Crippen molar-refractivity contribution < 1.29 is 22.0 Å². The first-order chi connectivity index (χ1) is 14.0. The van der Waals surface area contributed by atoms with Crippen LogP contribution in [0.2, 0.25) is 0 Å². The maximum absolute atomic E-state index is 14.6. The Balaban J connectivity index is 1.84. The van der Waals surface area contributed by atoms with E-state index in [4.69, 9.17) is 0 Å². The Morgan fingerprint density at radius 1 is 0.621 bits per heavy atom. The molecule has 3 heterocycles. The average molecular weight is 453 g/mol. The fourth-order valence-corrected chi connectivity index (χ4v) is 11.7. The molecule has 1 aliphatic rings. The molecule has 2 aromatic carbocycles. The van der Waals surface area contributed by atoms with E-state index >= 15 is 0 Å². The van der Waals surface area contributed by atoms with Crippen LogP contribution >= 0.6 is 29.9 Å². The van der Waals surface area contributed by atoms with Gasteiger partial charge in [-0.2, -0.15) is 0 Å². The van der Waals surface area contributed by atoms with E-state index in [-0.39, 0.29) is 6.16 Å². The van der Waals surface area contributed by atoms with Gasteiger partial charge in [-0.25, -0.2) is 22.0 Å². The number of hydrogen-bond acceptors (Lipinski definition) is 2. The van der Waals surface area contributed by atoms with Crippen LogP contribution in [-0.2, 0) is 6.16 Å². The van der Waals surface area contributed by atoms with Gasteiger partial charge in [0.1, 0.15) is 29.3 Å². The summed E-state index contributed by atoms with van der Waals surface area (Å²) in [6.45, 7) is 0. The average Bonchev–Trinajstić information content (AvgIpc) is 3.45. The third kappa shape index (κ3) is 2.51. The van der Waals surface area contributed by atoms with Crippen LogP contribution in [0.3, 0.4) is 0 Å². The Morgan fingerprint density at radius 3 is 1.62 bits per heavy atom. The van der Waals surface area contributed by atoms with Gasteiger partial charge in [0.05, 0.1) is 15.3 Å². The molecule has 0 N–H and O–H groups in total. The third-order valence-corrected chi connectivity index (χ3v) is 11.9. The molecular weight excluding hydrogens is 442 g/mol. The Bertz CT molecular complexity index is 1180. The molecule has 146 valence electrons. The lowest BCUT2D eigenvalue weighted by molar-refractivity contribution is 0.372. The largest absolute Gasteiger partial charge is 0.203 e. The molecule has 4 aromatic rings. The molecule has 2 aromatic heterocycles. The van der Waals surface area contributed by atoms with Crippen LogP contribution in [0.1, 0.15) is 5.56 Å². The molecule has 5 rings (SSSR count). The predicted molar refractivity (Wildman–Crippen MR) is 110 cm³/mol. The van der Waals surface area contributed by atoms with Gasteiger partial charge in [0.25, 0.3) is 0 Å². The van der Waals surface area contributed by atoms with Gasteiger partial charge in [-0.3, -0.25) is 0 Å². The van der Waals surface area contributed by atoms with E-state index in [1.807, 2.05) is 53.2 Å². The van der Waals surface area contributed by atoms with E-state index < -0.39 is 41.9 Å². The number of fused-ring (bicyclic) bond motifs is 3. The van der Waals surface area contributed by atoms with Crippen molar-refractivity contribution in [3.8, 4) is 9.75 Å². The number of hydrogen-bond donors (Lipinski definition) is 0. The highest BCUT2D eigenvalue weighted by atomic mass is 32.1. The molecule has 0 bridgehead atoms. The zero-order chi connectivity index (χ0) is 20.3. The van der Waals surface area contributed by atoms with Gasteiger partial charge in [0.2, 0.25) is 5.82 Å². The third-order valence-electron chi connectivity index (χ3n) is 5.21. The minimum absolute atomic E-state index is 0.268. The number of benzene rings is 2. The van der Waals surface area contributed by atoms with Crippen LogP contribution < -0.4 is 15.9 Å². The summed E-state index contributed by atoms with van der Waals surface area (Å²) in [6, 6.07) is 13.1. The minimum atomic E-state index is -2.63. The lowest BCUT2D eigenvalue weighted by Crippen LogP contribution is -2.29. The van der Waals surface area contributed by atoms with E-state index in [9.17, 15) is 22.0 Å². The maximum Gasteiger partial charge on any atom is 0.200 e. The molecule has 0 radical (unpaired) electrons. The maximum atomic E-state index is 14.6. The van der Waals surface area contributed by atoms with Crippen molar-refractivity contribution in [2.75, 3.05) is 0 Å². The van der Waals surface area contributed by atoms with Gasteiger partial charge in [0, 0.05) is 0 Å². The molecule has 29 heavy (non-hydrogen) atoms. The van der Waals surface area contributed by atoms with Gasteiger partial charge in [0.15, 0.2) is 23.3 Å². The molecular formula is C21H11F5PS2+. The summed E-state index contributed by atoms with van der Waals surface area (Å²) in [5.41, 5.74) is -0.755. The van der Waals surface area contributed by atoms with E-state index in [2.05, 4.69) is 0 Å². The second-order valence-corrected chi connectivity index (χ2v) is 11.9. The summed E-state index contributed by atoms with van der Waals surface area (Å²) in [7, 11) is -2.63. The summed E-state index contributed by atoms with van der Waals surface area (Å²) in [4.78, 5) is 2.02. The Kier molecular flexibility index (Phi) is 4.39. The van der Waals surface area contributed by atoms with E-state index in [1.165, 1.54) is 22.7 Å². The van der Waals surface area contributed by atoms with Crippen molar-refractivity contribution in [2.45, 2.75) is 6.16 Å². The normalized spacial score (nSPS) is 14.1. The summed E-state index contributed by atoms with van der Waals surface area (Å²) < 4.78 is 70.8. The highest BCUT2D eigenvalue weighted by Gasteiger charge is 2.55. The molecule has 8 heteroatoms. The first kappa shape index (κ1) is 18.9. The lowest BCUT2D eigenvalue weighted by Gasteiger charge is -2.24. The number of rotatable bonds is 3. The monoisotopic (exact) mass is 453 g/mol. The Hall–Kier alpha value is -2.08. The SMILES string of the molecule is Fc1c(F)c(F)c(C[P+]2(c3ccccc3)c3ccsc3-c3sccc32)c(F)c1F. The first-order valence-corrected chi connectivity index (χ1v) is 12.3. The van der Waals surface area contributed by atoms with Crippen LogP contribution in [0.25, 0.3) is 9.75 Å². The van der Waals surface area contributed by atoms with Crippen molar-refractivity contribution in [1.82, 2.24) is 0 Å². The van der Waals surface area contributed by atoms with Gasteiger partial charge >= 0.3 is 0 Å². The second-order valence-electron chi connectivity index (χ2n) is 6.62. The molecule has 0 fully saturated rings. The molecule has 0 aliphatic carbocycles. The van der Waals surface area contributed by atoms with Crippen molar-refractivity contribution in [1.29, 1.82) is 0 Å². The second kappa shape index (κ2) is 6.73. The van der Waals surface area contributed by atoms with Crippen LogP contribution in [0.4, 0.5) is 22.0 Å². The van der Waals surface area contributed by atoms with Crippen LogP contribution in [0, 0.1) is 29.1 Å². The van der Waals surface area contributed by atoms with Crippen molar-refractivity contribution in [3.05, 3.63) is 87.9 Å². The quantitative estimate of drug-likeness (QED) is 0.155. The molecule has 1 aliphatic heterocycles. The molecule has 0 atom stereocenters. The smallest absolute Gasteiger partial charge is 0.200 e. The fraction of sp³-hybridized carbons (Fsp3) is 0.0476. The predicted octanol–water partition coefficient (Wildman–Crippen LogP) is 5.98. The lowest BCUT2D eigenvalue weighted by atomic mass is 10.2. The number of thiophene rings is 2. The van der Waals surface area contributed by atoms with E-state index in [0.717, 1.165) is 25.7 Å². The van der Waals surface area contributed by atoms with Gasteiger partial charge < -0.3 is 0 Å². The standard InChI is InChI=1S/C21H11F5PS2/c22-15-12(16(23)18(25)19(26)17(15)24)10-27(11-4-2-1-3-5-11)13-6-8-28-20(13)21-14(27)7-9-29-21/h1-9H,10H2/q+1. The minimum Gasteiger partial charge on any atom is -0.203 e. The zero-order valence-corrected chi connectivity index (χ0v) is 17.1. The highest BCUT2D eigenvalue weighted by molar-refractivity contribution is 7.96. The Morgan fingerprint density at radius 2 is 1.10 bits per heavy atom. The summed E-state index contributed by atoms with van der Waals surface area (Å²) in [6.07, 6.45) is -0.268. The van der Waals surface area contributed by atoms with Crippen molar-refractivity contribution in [2.24, 2.45) is 0 Å². The van der Waals surface area contributed by atoms with Crippen LogP contribution in [-0.4, -0.2) is 0 Å². The highest BCUT2D eigenvalue weighted by Crippen LogP contribution is 2.66. The molecule has 0 amide bonds. The van der Waals surface area contributed by atoms with E-state index in [0.29, 0.717) is 0 Å². The summed E-state index contributed by atoms with van der Waals surface area (Å²) in [5.74, 6) is -9.44. The van der Waals surface area contributed by atoms with Crippen LogP contribution in [0.5, 0.6) is 0 Å². The van der Waals surface area contributed by atoms with Crippen molar-refractivity contribution in [3.63, 3.8) is 0 Å². The van der Waals surface area contributed by atoms with E-state index in [1.54, 1.807) is 0 Å². The molecule has 0 saturated carbocycles. The molecule has 0 unspecified atom stereocenters. The van der Waals surface area contributed by atoms with Gasteiger partial charge in [-0.15, -0.1) is 22.7 Å². The zero-order valence-electron chi connectivity index (χ0n) is 14.6. The van der Waals surface area contributed by atoms with Gasteiger partial charge in [-0.1, -0.05) is 18.2 Å². The topological polar surface area (TPSA) is 0 Å². The number of halogens is 5. The molecule has 0 saturated heterocycles. The molecule has 0 nitrogen and oxygen atoms in total.